The molecule has 0 atom stereocenters. The minimum Gasteiger partial charge on any atom is -0.438 e. The predicted molar refractivity (Wildman–Crippen MR) is 83.2 cm³/mol. The zero-order valence-corrected chi connectivity index (χ0v) is 14.3. The molecule has 0 unspecified atom stereocenters. The van der Waals surface area contributed by atoms with Crippen molar-refractivity contribution < 1.29 is 17.3 Å². The first-order chi connectivity index (χ1) is 10.9. The van der Waals surface area contributed by atoms with Gasteiger partial charge < -0.3 is 8.83 Å². The molecular formula is C15H21N3O4S. The first-order valence-electron chi connectivity index (χ1n) is 7.81. The maximum atomic E-state index is 12.6. The van der Waals surface area contributed by atoms with Gasteiger partial charge in [0.05, 0.1) is 0 Å². The number of sulfonamides is 1. The Hall–Kier alpha value is -1.67. The molecule has 1 fully saturated rings. The Bertz CT molecular complexity index is 770. The molecule has 3 rings (SSSR count). The lowest BCUT2D eigenvalue weighted by Gasteiger charge is -2.28. The van der Waals surface area contributed by atoms with Gasteiger partial charge >= 0.3 is 0 Å². The minimum absolute atomic E-state index is 0.0775. The summed E-state index contributed by atoms with van der Waals surface area (Å²) in [5.74, 6) is 1.62. The quantitative estimate of drug-likeness (QED) is 0.851. The van der Waals surface area contributed by atoms with Crippen LogP contribution in [0.3, 0.4) is 0 Å². The lowest BCUT2D eigenvalue weighted by Crippen LogP contribution is -2.37. The molecule has 3 heterocycles. The highest BCUT2D eigenvalue weighted by Crippen LogP contribution is 2.28. The van der Waals surface area contributed by atoms with Crippen LogP contribution in [0.2, 0.25) is 0 Å². The monoisotopic (exact) mass is 339 g/mol. The second kappa shape index (κ2) is 6.09. The van der Waals surface area contributed by atoms with E-state index in [0.717, 1.165) is 12.8 Å². The molecule has 0 N–H and O–H groups in total. The van der Waals surface area contributed by atoms with Gasteiger partial charge in [-0.3, -0.25) is 0 Å². The van der Waals surface area contributed by atoms with Gasteiger partial charge in [0.15, 0.2) is 5.76 Å². The summed E-state index contributed by atoms with van der Waals surface area (Å²) in [6.07, 6.45) is 1.74. The fourth-order valence-electron chi connectivity index (χ4n) is 2.49. The van der Waals surface area contributed by atoms with E-state index in [1.807, 2.05) is 13.8 Å². The summed E-state index contributed by atoms with van der Waals surface area (Å²) in [4.78, 5) is 0. The van der Waals surface area contributed by atoms with Crippen LogP contribution in [0.5, 0.6) is 0 Å². The lowest BCUT2D eigenvalue weighted by atomic mass is 10.0. The Balaban J connectivity index is 1.83. The molecular weight excluding hydrogens is 318 g/mol. The van der Waals surface area contributed by atoms with Gasteiger partial charge in [-0.2, -0.15) is 4.31 Å². The predicted octanol–water partition coefficient (Wildman–Crippen LogP) is 2.87. The third-order valence-electron chi connectivity index (χ3n) is 4.06. The molecule has 0 aromatic carbocycles. The van der Waals surface area contributed by atoms with Crippen molar-refractivity contribution in [2.24, 2.45) is 5.92 Å². The van der Waals surface area contributed by atoms with Crippen molar-refractivity contribution in [3.8, 4) is 11.7 Å². The summed E-state index contributed by atoms with van der Waals surface area (Å²) in [7, 11) is -3.61. The van der Waals surface area contributed by atoms with E-state index in [0.29, 0.717) is 24.9 Å². The zero-order chi connectivity index (χ0) is 16.6. The van der Waals surface area contributed by atoms with E-state index in [-0.39, 0.29) is 22.7 Å². The van der Waals surface area contributed by atoms with Gasteiger partial charge in [-0.15, -0.1) is 10.2 Å². The van der Waals surface area contributed by atoms with Crippen LogP contribution in [0.25, 0.3) is 11.7 Å². The van der Waals surface area contributed by atoms with E-state index in [9.17, 15) is 8.42 Å². The van der Waals surface area contributed by atoms with Crippen molar-refractivity contribution in [2.45, 2.75) is 44.6 Å². The van der Waals surface area contributed by atoms with E-state index < -0.39 is 10.0 Å². The molecule has 0 aliphatic carbocycles. The number of rotatable bonds is 4. The van der Waals surface area contributed by atoms with E-state index in [4.69, 9.17) is 8.83 Å². The van der Waals surface area contributed by atoms with Gasteiger partial charge in [0.2, 0.25) is 11.0 Å². The van der Waals surface area contributed by atoms with Gasteiger partial charge in [0, 0.05) is 19.0 Å². The molecule has 1 saturated heterocycles. The van der Waals surface area contributed by atoms with Gasteiger partial charge in [-0.05, 0) is 30.9 Å². The molecule has 0 saturated carbocycles. The van der Waals surface area contributed by atoms with Gasteiger partial charge in [-0.1, -0.05) is 20.8 Å². The van der Waals surface area contributed by atoms with Crippen molar-refractivity contribution in [1.82, 2.24) is 14.5 Å². The average molecular weight is 339 g/mol. The van der Waals surface area contributed by atoms with Crippen LogP contribution in [0, 0.1) is 5.92 Å². The van der Waals surface area contributed by atoms with Crippen LogP contribution >= 0.6 is 0 Å². The summed E-state index contributed by atoms with van der Waals surface area (Å²) in [5, 5.41) is 7.75. The maximum absolute atomic E-state index is 12.6. The number of piperidine rings is 1. The van der Waals surface area contributed by atoms with Crippen LogP contribution in [0.4, 0.5) is 0 Å². The van der Waals surface area contributed by atoms with Crippen LogP contribution in [-0.2, 0) is 10.0 Å². The van der Waals surface area contributed by atoms with Crippen LogP contribution in [0.1, 0.15) is 45.4 Å². The number of nitrogens with zero attached hydrogens (tertiary/aromatic N) is 3. The summed E-state index contributed by atoms with van der Waals surface area (Å²) in [6, 6.07) is 3.00. The molecule has 2 aromatic rings. The van der Waals surface area contributed by atoms with Crippen LogP contribution in [-0.4, -0.2) is 36.0 Å². The Morgan fingerprint density at radius 3 is 2.48 bits per heavy atom. The molecule has 0 spiro atoms. The normalized spacial score (nSPS) is 17.9. The van der Waals surface area contributed by atoms with Crippen molar-refractivity contribution in [2.75, 3.05) is 13.1 Å². The smallest absolute Gasteiger partial charge is 0.283 e. The molecule has 126 valence electrons. The number of hydrogen-bond donors (Lipinski definition) is 0. The highest BCUT2D eigenvalue weighted by atomic mass is 32.2. The van der Waals surface area contributed by atoms with Crippen LogP contribution in [0.15, 0.2) is 26.1 Å². The Kier molecular flexibility index (Phi) is 4.29. The Morgan fingerprint density at radius 1 is 1.17 bits per heavy atom. The molecule has 23 heavy (non-hydrogen) atoms. The van der Waals surface area contributed by atoms with Crippen molar-refractivity contribution in [3.63, 3.8) is 0 Å². The molecule has 0 amide bonds. The SMILES string of the molecule is CC1CCN(S(=O)(=O)c2ccc(-c3nnc(C(C)C)o3)o2)CC1. The summed E-state index contributed by atoms with van der Waals surface area (Å²) >= 11 is 0. The molecule has 0 radical (unpaired) electrons. The minimum atomic E-state index is -3.61. The zero-order valence-electron chi connectivity index (χ0n) is 13.5. The molecule has 1 aliphatic rings. The van der Waals surface area contributed by atoms with Gasteiger partial charge in [0.25, 0.3) is 15.9 Å². The number of hydrogen-bond acceptors (Lipinski definition) is 6. The van der Waals surface area contributed by atoms with Gasteiger partial charge in [0.1, 0.15) is 0 Å². The molecule has 2 aromatic heterocycles. The maximum Gasteiger partial charge on any atom is 0.283 e. The van der Waals surface area contributed by atoms with Crippen molar-refractivity contribution in [3.05, 3.63) is 18.0 Å². The largest absolute Gasteiger partial charge is 0.438 e. The molecule has 1 aliphatic heterocycles. The molecule has 0 bridgehead atoms. The Morgan fingerprint density at radius 2 is 1.87 bits per heavy atom. The second-order valence-electron chi connectivity index (χ2n) is 6.31. The van der Waals surface area contributed by atoms with Crippen molar-refractivity contribution >= 4 is 10.0 Å². The topological polar surface area (TPSA) is 89.4 Å². The first-order valence-corrected chi connectivity index (χ1v) is 9.25. The second-order valence-corrected chi connectivity index (χ2v) is 8.17. The standard InChI is InChI=1S/C15H21N3O4S/c1-10(2)14-16-17-15(22-14)12-4-5-13(21-12)23(19,20)18-8-6-11(3)7-9-18/h4-5,10-11H,6-9H2,1-3H3. The fourth-order valence-corrected chi connectivity index (χ4v) is 3.87. The Labute approximate surface area is 135 Å². The summed E-state index contributed by atoms with van der Waals surface area (Å²) in [5.41, 5.74) is 0. The highest BCUT2D eigenvalue weighted by molar-refractivity contribution is 7.89. The average Bonchev–Trinajstić information content (AvgIpc) is 3.17. The highest BCUT2D eigenvalue weighted by Gasteiger charge is 2.31. The van der Waals surface area contributed by atoms with Crippen LogP contribution < -0.4 is 0 Å². The summed E-state index contributed by atoms with van der Waals surface area (Å²) < 4.78 is 37.7. The first kappa shape index (κ1) is 16.2. The summed E-state index contributed by atoms with van der Waals surface area (Å²) in [6.45, 7) is 7.06. The number of furan rings is 1. The number of aromatic nitrogens is 2. The van der Waals surface area contributed by atoms with E-state index >= 15 is 0 Å². The van der Waals surface area contributed by atoms with E-state index in [1.54, 1.807) is 6.07 Å². The molecule has 8 heteroatoms. The third-order valence-corrected chi connectivity index (χ3v) is 5.84. The van der Waals surface area contributed by atoms with E-state index in [2.05, 4.69) is 17.1 Å². The molecule has 7 nitrogen and oxygen atoms in total. The van der Waals surface area contributed by atoms with E-state index in [1.165, 1.54) is 10.4 Å². The lowest BCUT2D eigenvalue weighted by molar-refractivity contribution is 0.281. The van der Waals surface area contributed by atoms with Gasteiger partial charge in [-0.25, -0.2) is 8.42 Å². The third kappa shape index (κ3) is 3.18. The fraction of sp³-hybridized carbons (Fsp3) is 0.600. The van der Waals surface area contributed by atoms with Crippen molar-refractivity contribution in [1.29, 1.82) is 0 Å².